The molecule has 42 heavy (non-hydrogen) atoms. The van der Waals surface area contributed by atoms with E-state index in [2.05, 4.69) is 9.89 Å². The second kappa shape index (κ2) is 11.9. The van der Waals surface area contributed by atoms with Crippen LogP contribution < -0.4 is 21.7 Å². The van der Waals surface area contributed by atoms with Gasteiger partial charge in [-0.15, -0.1) is 0 Å². The zero-order chi connectivity index (χ0) is 29.1. The van der Waals surface area contributed by atoms with Crippen molar-refractivity contribution >= 4 is 27.8 Å². The number of amidine groups is 1. The molecule has 0 radical (unpaired) electrons. The summed E-state index contributed by atoms with van der Waals surface area (Å²) in [6, 6.07) is 21.5. The molecule has 0 saturated carbocycles. The fourth-order valence-electron chi connectivity index (χ4n) is 5.91. The highest BCUT2D eigenvalue weighted by molar-refractivity contribution is 5.86. The molecule has 3 aromatic carbocycles. The first-order valence-electron chi connectivity index (χ1n) is 14.4. The third kappa shape index (κ3) is 5.28. The molecule has 2 aromatic heterocycles. The topological polar surface area (TPSA) is 119 Å². The summed E-state index contributed by atoms with van der Waals surface area (Å²) in [5, 5.41) is 28.4. The SMILES string of the molecule is C1CC[N+]2=C(CCCC2)NC1.O=c1oc2ccccc2c([O-])c1C(c1ccccc1)c1c(O)c2ccccc2oc1=O. The van der Waals surface area contributed by atoms with Crippen LogP contribution in [-0.2, 0) is 0 Å². The van der Waals surface area contributed by atoms with E-state index in [1.807, 2.05) is 0 Å². The fourth-order valence-corrected chi connectivity index (χ4v) is 5.91. The van der Waals surface area contributed by atoms with Crippen LogP contribution in [0.15, 0.2) is 97.3 Å². The molecule has 7 rings (SSSR count). The number of nitrogens with one attached hydrogen (secondary N) is 1. The molecular weight excluding hydrogens is 532 g/mol. The van der Waals surface area contributed by atoms with Gasteiger partial charge in [-0.25, -0.2) is 9.59 Å². The van der Waals surface area contributed by atoms with E-state index in [1.54, 1.807) is 72.8 Å². The van der Waals surface area contributed by atoms with Crippen molar-refractivity contribution in [2.45, 2.75) is 38.0 Å². The van der Waals surface area contributed by atoms with Crippen LogP contribution in [0.5, 0.6) is 11.5 Å². The van der Waals surface area contributed by atoms with Gasteiger partial charge in [-0.3, -0.25) is 9.89 Å². The third-order valence-corrected chi connectivity index (χ3v) is 7.99. The zero-order valence-electron chi connectivity index (χ0n) is 23.2. The Morgan fingerprint density at radius 2 is 1.33 bits per heavy atom. The molecular formula is C34H32N2O6. The first-order valence-corrected chi connectivity index (χ1v) is 14.4. The van der Waals surface area contributed by atoms with Gasteiger partial charge in [0.25, 0.3) is 0 Å². The second-order valence-corrected chi connectivity index (χ2v) is 10.6. The minimum atomic E-state index is -1.17. The Labute approximate surface area is 242 Å². The predicted octanol–water partition coefficient (Wildman–Crippen LogP) is 4.82. The Morgan fingerprint density at radius 3 is 2.07 bits per heavy atom. The lowest BCUT2D eigenvalue weighted by atomic mass is 9.84. The lowest BCUT2D eigenvalue weighted by molar-refractivity contribution is -0.534. The highest BCUT2D eigenvalue weighted by Gasteiger charge is 2.30. The Bertz CT molecular complexity index is 1770. The van der Waals surface area contributed by atoms with Gasteiger partial charge in [-0.2, -0.15) is 0 Å². The standard InChI is InChI=1S/C25H16O6.C9H16N2/c26-22-15-10-4-6-12-17(15)30-24(28)20(22)19(14-8-2-1-3-9-14)21-23(27)16-11-5-7-13-18(16)31-25(21)29;1-3-7-11-8-4-2-6-10-9(11)5-1/h1-13,19,26-27H;1-8H2. The molecule has 0 bridgehead atoms. The van der Waals surface area contributed by atoms with Gasteiger partial charge in [0.1, 0.15) is 16.9 Å². The minimum Gasteiger partial charge on any atom is -0.872 e. The first-order chi connectivity index (χ1) is 20.5. The summed E-state index contributed by atoms with van der Waals surface area (Å²) in [5.41, 5.74) is -1.33. The van der Waals surface area contributed by atoms with Crippen molar-refractivity contribution in [1.29, 1.82) is 0 Å². The van der Waals surface area contributed by atoms with E-state index in [0.717, 1.165) is 0 Å². The third-order valence-electron chi connectivity index (χ3n) is 7.99. The molecule has 1 unspecified atom stereocenters. The Kier molecular flexibility index (Phi) is 7.77. The molecule has 4 heterocycles. The van der Waals surface area contributed by atoms with Gasteiger partial charge in [0.15, 0.2) is 0 Å². The molecule has 2 aliphatic heterocycles. The normalized spacial score (nSPS) is 15.7. The van der Waals surface area contributed by atoms with Crippen molar-refractivity contribution in [2.75, 3.05) is 19.6 Å². The average molecular weight is 565 g/mol. The van der Waals surface area contributed by atoms with Crippen molar-refractivity contribution in [3.05, 3.63) is 116 Å². The monoisotopic (exact) mass is 564 g/mol. The van der Waals surface area contributed by atoms with Crippen molar-refractivity contribution in [2.24, 2.45) is 0 Å². The van der Waals surface area contributed by atoms with Gasteiger partial charge < -0.3 is 19.0 Å². The van der Waals surface area contributed by atoms with Crippen LogP contribution in [0.3, 0.4) is 0 Å². The molecule has 2 N–H and O–H groups in total. The van der Waals surface area contributed by atoms with E-state index >= 15 is 0 Å². The van der Waals surface area contributed by atoms with Crippen LogP contribution >= 0.6 is 0 Å². The molecule has 2 aliphatic rings. The lowest BCUT2D eigenvalue weighted by Gasteiger charge is -2.23. The van der Waals surface area contributed by atoms with E-state index in [0.29, 0.717) is 10.9 Å². The summed E-state index contributed by atoms with van der Waals surface area (Å²) >= 11 is 0. The molecule has 8 heteroatoms. The smallest absolute Gasteiger partial charge is 0.344 e. The second-order valence-electron chi connectivity index (χ2n) is 10.6. The van der Waals surface area contributed by atoms with Crippen LogP contribution in [0.2, 0.25) is 0 Å². The summed E-state index contributed by atoms with van der Waals surface area (Å²) in [4.78, 5) is 25.9. The number of rotatable bonds is 3. The number of para-hydroxylation sites is 2. The lowest BCUT2D eigenvalue weighted by Crippen LogP contribution is -2.35. The minimum absolute atomic E-state index is 0.155. The van der Waals surface area contributed by atoms with Gasteiger partial charge in [-0.05, 0) is 49.4 Å². The Hall–Kier alpha value is -4.85. The summed E-state index contributed by atoms with van der Waals surface area (Å²) < 4.78 is 13.3. The van der Waals surface area contributed by atoms with Gasteiger partial charge >= 0.3 is 11.3 Å². The van der Waals surface area contributed by atoms with Crippen LogP contribution in [0.4, 0.5) is 0 Å². The molecule has 0 amide bonds. The molecule has 0 aliphatic carbocycles. The van der Waals surface area contributed by atoms with Crippen molar-refractivity contribution in [3.8, 4) is 11.5 Å². The summed E-state index contributed by atoms with van der Waals surface area (Å²) in [6.07, 6.45) is 6.79. The Morgan fingerprint density at radius 1 is 0.738 bits per heavy atom. The molecule has 8 nitrogen and oxygen atoms in total. The number of hydrogen-bond acceptors (Lipinski definition) is 7. The number of hydrogen-bond donors (Lipinski definition) is 2. The van der Waals surface area contributed by atoms with E-state index in [9.17, 15) is 19.8 Å². The molecule has 0 saturated heterocycles. The van der Waals surface area contributed by atoms with Crippen LogP contribution in [0.25, 0.3) is 21.9 Å². The van der Waals surface area contributed by atoms with E-state index in [-0.39, 0.29) is 33.4 Å². The number of benzene rings is 3. The van der Waals surface area contributed by atoms with Crippen molar-refractivity contribution in [3.63, 3.8) is 0 Å². The van der Waals surface area contributed by atoms with Crippen LogP contribution in [-0.4, -0.2) is 35.2 Å². The summed E-state index contributed by atoms with van der Waals surface area (Å²) in [6.45, 7) is 3.79. The van der Waals surface area contributed by atoms with Crippen LogP contribution in [0.1, 0.15) is 54.7 Å². The quantitative estimate of drug-likeness (QED) is 0.238. The first kappa shape index (κ1) is 27.3. The fraction of sp³-hybridized carbons (Fsp3) is 0.265. The zero-order valence-corrected chi connectivity index (χ0v) is 23.2. The number of nitrogens with zero attached hydrogens (tertiary/aromatic N) is 1. The molecule has 5 aromatic rings. The van der Waals surface area contributed by atoms with Crippen LogP contribution in [0, 0.1) is 0 Å². The van der Waals surface area contributed by atoms with Gasteiger partial charge in [-0.1, -0.05) is 66.4 Å². The van der Waals surface area contributed by atoms with E-state index in [4.69, 9.17) is 8.83 Å². The number of aromatic hydroxyl groups is 1. The predicted molar refractivity (Wildman–Crippen MR) is 160 cm³/mol. The molecule has 214 valence electrons. The highest BCUT2D eigenvalue weighted by atomic mass is 16.4. The van der Waals surface area contributed by atoms with E-state index < -0.39 is 22.9 Å². The largest absolute Gasteiger partial charge is 0.872 e. The van der Waals surface area contributed by atoms with Crippen molar-refractivity contribution < 1.29 is 23.6 Å². The maximum Gasteiger partial charge on any atom is 0.344 e. The number of fused-ring (bicyclic) bond motifs is 2. The van der Waals surface area contributed by atoms with E-state index in [1.165, 1.54) is 63.6 Å². The highest BCUT2D eigenvalue weighted by Crippen LogP contribution is 2.40. The van der Waals surface area contributed by atoms with Gasteiger partial charge in [0.2, 0.25) is 5.84 Å². The molecule has 0 spiro atoms. The summed E-state index contributed by atoms with van der Waals surface area (Å²) in [5.74, 6) is -0.551. The maximum atomic E-state index is 13.3. The average Bonchev–Trinajstić information content (AvgIpc) is 3.27. The molecule has 1 atom stereocenters. The van der Waals surface area contributed by atoms with Gasteiger partial charge in [0, 0.05) is 17.4 Å². The summed E-state index contributed by atoms with van der Waals surface area (Å²) in [7, 11) is 0. The van der Waals surface area contributed by atoms with Gasteiger partial charge in [0.05, 0.1) is 36.5 Å². The maximum absolute atomic E-state index is 13.3. The Balaban J connectivity index is 0.000000240. The van der Waals surface area contributed by atoms with Crippen molar-refractivity contribution in [1.82, 2.24) is 5.32 Å². The molecule has 0 fully saturated rings.